The Morgan fingerprint density at radius 1 is 1.00 bits per heavy atom. The van der Waals surface area contributed by atoms with Gasteiger partial charge in [-0.25, -0.2) is 5.43 Å². The minimum absolute atomic E-state index is 0.154. The first-order chi connectivity index (χ1) is 11.8. The van der Waals surface area contributed by atoms with Gasteiger partial charge < -0.3 is 18.9 Å². The van der Waals surface area contributed by atoms with Crippen LogP contribution in [-0.4, -0.2) is 27.6 Å². The number of ether oxygens (including phenoxy) is 4. The van der Waals surface area contributed by atoms with E-state index in [0.29, 0.717) is 11.5 Å². The van der Waals surface area contributed by atoms with Crippen LogP contribution in [0.25, 0.3) is 0 Å². The topological polar surface area (TPSA) is 61.0 Å². The van der Waals surface area contributed by atoms with Gasteiger partial charge in [-0.3, -0.25) is 5.43 Å². The summed E-state index contributed by atoms with van der Waals surface area (Å²) in [6, 6.07) is 12.4. The zero-order valence-corrected chi connectivity index (χ0v) is 13.7. The summed E-state index contributed by atoms with van der Waals surface area (Å²) in [5.41, 5.74) is 8.96. The molecule has 1 saturated heterocycles. The van der Waals surface area contributed by atoms with Gasteiger partial charge in [-0.1, -0.05) is 12.1 Å². The van der Waals surface area contributed by atoms with E-state index in [2.05, 4.69) is 23.0 Å². The summed E-state index contributed by atoms with van der Waals surface area (Å²) in [4.78, 5) is 0. The van der Waals surface area contributed by atoms with Gasteiger partial charge in [0.2, 0.25) is 12.5 Å². The highest BCUT2D eigenvalue weighted by Gasteiger charge is 2.32. The van der Waals surface area contributed by atoms with Gasteiger partial charge >= 0.3 is 0 Å². The van der Waals surface area contributed by atoms with Crippen molar-refractivity contribution < 1.29 is 18.9 Å². The lowest BCUT2D eigenvalue weighted by molar-refractivity contribution is 0.171. The van der Waals surface area contributed by atoms with Gasteiger partial charge in [0.15, 0.2) is 11.5 Å². The summed E-state index contributed by atoms with van der Waals surface area (Å²) in [6.45, 7) is 1.05. The molecular formula is C18H20N2O4. The van der Waals surface area contributed by atoms with Crippen LogP contribution in [0.4, 0.5) is 0 Å². The van der Waals surface area contributed by atoms with E-state index in [-0.39, 0.29) is 18.8 Å². The van der Waals surface area contributed by atoms with Crippen LogP contribution in [0, 0.1) is 0 Å². The smallest absolute Gasteiger partial charge is 0.231 e. The molecule has 2 N–H and O–H groups in total. The third kappa shape index (κ3) is 2.53. The number of hydrogen-bond donors (Lipinski definition) is 2. The Balaban J connectivity index is 1.67. The molecule has 0 saturated carbocycles. The zero-order valence-electron chi connectivity index (χ0n) is 13.7. The molecule has 0 radical (unpaired) electrons. The van der Waals surface area contributed by atoms with Crippen LogP contribution in [-0.2, 0) is 0 Å². The summed E-state index contributed by atoms with van der Waals surface area (Å²) in [7, 11) is 3.32. The van der Waals surface area contributed by atoms with Gasteiger partial charge in [-0.15, -0.1) is 0 Å². The van der Waals surface area contributed by atoms with Crippen LogP contribution < -0.4 is 29.8 Å². The number of nitrogens with one attached hydrogen (secondary N) is 2. The fourth-order valence-electron chi connectivity index (χ4n) is 3.30. The maximum atomic E-state index is 5.55. The average molecular weight is 328 g/mol. The fraction of sp³-hybridized carbons (Fsp3) is 0.333. The molecule has 126 valence electrons. The van der Waals surface area contributed by atoms with Crippen molar-refractivity contribution in [3.63, 3.8) is 0 Å². The quantitative estimate of drug-likeness (QED) is 0.898. The summed E-state index contributed by atoms with van der Waals surface area (Å²) in [6.07, 6.45) is 0. The molecular weight excluding hydrogens is 308 g/mol. The van der Waals surface area contributed by atoms with E-state index in [1.165, 1.54) is 5.56 Å². The molecule has 0 bridgehead atoms. The van der Waals surface area contributed by atoms with Crippen LogP contribution >= 0.6 is 0 Å². The Labute approximate surface area is 140 Å². The van der Waals surface area contributed by atoms with Gasteiger partial charge in [0.1, 0.15) is 5.75 Å². The van der Waals surface area contributed by atoms with Crippen LogP contribution in [0.3, 0.4) is 0 Å². The molecule has 2 aliphatic heterocycles. The molecule has 1 fully saturated rings. The second kappa shape index (κ2) is 6.22. The molecule has 0 amide bonds. The third-order valence-corrected chi connectivity index (χ3v) is 4.57. The summed E-state index contributed by atoms with van der Waals surface area (Å²) < 4.78 is 21.7. The van der Waals surface area contributed by atoms with Crippen LogP contribution in [0.15, 0.2) is 36.4 Å². The van der Waals surface area contributed by atoms with Crippen LogP contribution in [0.5, 0.6) is 23.0 Å². The molecule has 0 aromatic heterocycles. The number of hydrogen-bond acceptors (Lipinski definition) is 6. The second-order valence-corrected chi connectivity index (χ2v) is 5.84. The highest BCUT2D eigenvalue weighted by atomic mass is 16.7. The van der Waals surface area contributed by atoms with Crippen molar-refractivity contribution in [2.24, 2.45) is 0 Å². The van der Waals surface area contributed by atoms with Crippen molar-refractivity contribution >= 4 is 0 Å². The maximum absolute atomic E-state index is 5.55. The average Bonchev–Trinajstić information content (AvgIpc) is 3.29. The van der Waals surface area contributed by atoms with Gasteiger partial charge in [0.05, 0.1) is 20.3 Å². The Kier molecular flexibility index (Phi) is 3.92. The van der Waals surface area contributed by atoms with E-state index in [1.54, 1.807) is 14.2 Å². The predicted molar refractivity (Wildman–Crippen MR) is 88.7 cm³/mol. The predicted octanol–water partition coefficient (Wildman–Crippen LogP) is 2.37. The first-order valence-electron chi connectivity index (χ1n) is 7.90. The van der Waals surface area contributed by atoms with Gasteiger partial charge in [0.25, 0.3) is 0 Å². The molecule has 2 aromatic rings. The molecule has 6 nitrogen and oxygen atoms in total. The molecule has 2 heterocycles. The molecule has 0 aliphatic carbocycles. The molecule has 0 spiro atoms. The number of methoxy groups -OCH3 is 2. The lowest BCUT2D eigenvalue weighted by Gasteiger charge is -2.20. The number of fused-ring (bicyclic) bond motifs is 1. The van der Waals surface area contributed by atoms with E-state index in [1.807, 2.05) is 24.3 Å². The molecule has 2 unspecified atom stereocenters. The van der Waals surface area contributed by atoms with Crippen molar-refractivity contribution in [3.05, 3.63) is 47.5 Å². The Bertz CT molecular complexity index is 733. The van der Waals surface area contributed by atoms with E-state index >= 15 is 0 Å². The monoisotopic (exact) mass is 328 g/mol. The maximum Gasteiger partial charge on any atom is 0.231 e. The first-order valence-corrected chi connectivity index (χ1v) is 7.90. The zero-order chi connectivity index (χ0) is 16.5. The lowest BCUT2D eigenvalue weighted by Crippen LogP contribution is -2.24. The third-order valence-electron chi connectivity index (χ3n) is 4.57. The van der Waals surface area contributed by atoms with Crippen molar-refractivity contribution in [2.45, 2.75) is 12.0 Å². The number of benzene rings is 2. The Morgan fingerprint density at radius 2 is 1.83 bits per heavy atom. The molecule has 2 atom stereocenters. The van der Waals surface area contributed by atoms with E-state index in [9.17, 15) is 0 Å². The van der Waals surface area contributed by atoms with E-state index < -0.39 is 0 Å². The Hall–Kier alpha value is -2.44. The molecule has 6 heteroatoms. The highest BCUT2D eigenvalue weighted by molar-refractivity contribution is 5.56. The molecule has 24 heavy (non-hydrogen) atoms. The summed E-state index contributed by atoms with van der Waals surface area (Å²) in [5, 5.41) is 0. The van der Waals surface area contributed by atoms with Gasteiger partial charge in [-0.05, 0) is 35.4 Å². The second-order valence-electron chi connectivity index (χ2n) is 5.84. The van der Waals surface area contributed by atoms with Crippen molar-refractivity contribution in [2.75, 3.05) is 27.6 Å². The minimum Gasteiger partial charge on any atom is -0.497 e. The van der Waals surface area contributed by atoms with E-state index in [4.69, 9.17) is 18.9 Å². The number of rotatable bonds is 4. The number of hydrazine groups is 1. The van der Waals surface area contributed by atoms with Gasteiger partial charge in [0, 0.05) is 12.5 Å². The SMILES string of the molecule is COc1ccc(C2NNCC2c2cc(OC)c3c(c2)OCO3)cc1. The van der Waals surface area contributed by atoms with Crippen LogP contribution in [0.1, 0.15) is 23.1 Å². The van der Waals surface area contributed by atoms with Crippen molar-refractivity contribution in [3.8, 4) is 23.0 Å². The Morgan fingerprint density at radius 3 is 2.58 bits per heavy atom. The standard InChI is InChI=1S/C18H20N2O4/c1-21-13-5-3-11(4-6-13)17-14(9-19-20-17)12-7-15(22-2)18-16(8-12)23-10-24-18/h3-8,14,17,19-20H,9-10H2,1-2H3. The van der Waals surface area contributed by atoms with Crippen LogP contribution in [0.2, 0.25) is 0 Å². The normalized spacial score (nSPS) is 21.8. The fourth-order valence-corrected chi connectivity index (χ4v) is 3.30. The summed E-state index contributed by atoms with van der Waals surface area (Å²) in [5.74, 6) is 3.24. The minimum atomic E-state index is 0.154. The molecule has 2 aliphatic rings. The molecule has 4 rings (SSSR count). The van der Waals surface area contributed by atoms with Gasteiger partial charge in [-0.2, -0.15) is 0 Å². The first kappa shape index (κ1) is 15.1. The van der Waals surface area contributed by atoms with Crippen molar-refractivity contribution in [1.82, 2.24) is 10.9 Å². The largest absolute Gasteiger partial charge is 0.497 e. The molecule has 2 aromatic carbocycles. The van der Waals surface area contributed by atoms with Crippen molar-refractivity contribution in [1.29, 1.82) is 0 Å². The summed E-state index contributed by atoms with van der Waals surface area (Å²) >= 11 is 0. The van der Waals surface area contributed by atoms with E-state index in [0.717, 1.165) is 23.6 Å². The lowest BCUT2D eigenvalue weighted by atomic mass is 9.88. The highest BCUT2D eigenvalue weighted by Crippen LogP contribution is 2.45.